The van der Waals surface area contributed by atoms with Crippen molar-refractivity contribution in [3.63, 3.8) is 0 Å². The van der Waals surface area contributed by atoms with E-state index in [0.29, 0.717) is 5.92 Å². The number of aliphatic hydroxyl groups is 1. The van der Waals surface area contributed by atoms with E-state index in [0.717, 1.165) is 5.92 Å². The minimum atomic E-state index is 0.169. The Kier molecular flexibility index (Phi) is 5.32. The van der Waals surface area contributed by atoms with Crippen molar-refractivity contribution in [3.05, 3.63) is 12.2 Å². The van der Waals surface area contributed by atoms with Gasteiger partial charge in [0.15, 0.2) is 0 Å². The summed E-state index contributed by atoms with van der Waals surface area (Å²) in [5.41, 5.74) is 0. The lowest BCUT2D eigenvalue weighted by molar-refractivity contribution is 0.341. The monoisotopic (exact) mass is 142 g/mol. The van der Waals surface area contributed by atoms with Crippen LogP contribution in [0.2, 0.25) is 0 Å². The third-order valence-electron chi connectivity index (χ3n) is 1.41. The number of hydrogen-bond donors (Lipinski definition) is 1. The zero-order chi connectivity index (χ0) is 7.98. The average molecular weight is 142 g/mol. The van der Waals surface area contributed by atoms with Crippen molar-refractivity contribution in [3.8, 4) is 0 Å². The van der Waals surface area contributed by atoms with Crippen molar-refractivity contribution in [2.24, 2.45) is 11.8 Å². The lowest BCUT2D eigenvalue weighted by atomic mass is 9.99. The van der Waals surface area contributed by atoms with Crippen LogP contribution in [0.15, 0.2) is 12.2 Å². The van der Waals surface area contributed by atoms with Crippen molar-refractivity contribution in [2.45, 2.75) is 27.2 Å². The summed E-state index contributed by atoms with van der Waals surface area (Å²) in [5, 5.41) is 8.46. The van der Waals surface area contributed by atoms with Gasteiger partial charge in [0, 0.05) is 0 Å². The van der Waals surface area contributed by atoms with Crippen LogP contribution in [0.3, 0.4) is 0 Å². The van der Waals surface area contributed by atoms with Crippen LogP contribution in [0.1, 0.15) is 27.2 Å². The zero-order valence-electron chi connectivity index (χ0n) is 7.17. The van der Waals surface area contributed by atoms with Crippen molar-refractivity contribution in [1.82, 2.24) is 0 Å². The first-order valence-corrected chi connectivity index (χ1v) is 3.94. The number of rotatable bonds is 4. The normalized spacial score (nSPS) is 14.9. The molecule has 0 rings (SSSR count). The Morgan fingerprint density at radius 1 is 1.30 bits per heavy atom. The van der Waals surface area contributed by atoms with Gasteiger partial charge < -0.3 is 5.11 Å². The van der Waals surface area contributed by atoms with Crippen molar-refractivity contribution >= 4 is 0 Å². The minimum absolute atomic E-state index is 0.169. The van der Waals surface area contributed by atoms with Crippen molar-refractivity contribution < 1.29 is 5.11 Å². The average Bonchev–Trinajstić information content (AvgIpc) is 1.82. The van der Waals surface area contributed by atoms with Gasteiger partial charge in [-0.2, -0.15) is 0 Å². The van der Waals surface area contributed by atoms with E-state index in [4.69, 9.17) is 5.11 Å². The Balaban J connectivity index is 3.42. The fourth-order valence-electron chi connectivity index (χ4n) is 1.12. The van der Waals surface area contributed by atoms with Crippen LogP contribution >= 0.6 is 0 Å². The van der Waals surface area contributed by atoms with Gasteiger partial charge in [-0.1, -0.05) is 32.9 Å². The van der Waals surface area contributed by atoms with E-state index in [-0.39, 0.29) is 6.61 Å². The van der Waals surface area contributed by atoms with Crippen LogP contribution in [0.5, 0.6) is 0 Å². The maximum absolute atomic E-state index is 8.46. The summed E-state index contributed by atoms with van der Waals surface area (Å²) in [7, 11) is 0. The fraction of sp³-hybridized carbons (Fsp3) is 0.778. The number of allylic oxidation sites excluding steroid dienone is 1. The summed E-state index contributed by atoms with van der Waals surface area (Å²) in [6, 6.07) is 0. The molecule has 0 aromatic rings. The van der Waals surface area contributed by atoms with Gasteiger partial charge >= 0.3 is 0 Å². The molecular weight excluding hydrogens is 124 g/mol. The molecule has 0 aliphatic heterocycles. The maximum Gasteiger partial charge on any atom is 0.0612 e. The van der Waals surface area contributed by atoms with Crippen LogP contribution in [-0.2, 0) is 0 Å². The molecule has 0 aromatic heterocycles. The predicted octanol–water partition coefficient (Wildman–Crippen LogP) is 2.22. The number of hydrogen-bond acceptors (Lipinski definition) is 1. The first-order valence-electron chi connectivity index (χ1n) is 3.94. The van der Waals surface area contributed by atoms with Crippen LogP contribution in [0, 0.1) is 11.8 Å². The van der Waals surface area contributed by atoms with Gasteiger partial charge in [-0.3, -0.25) is 0 Å². The molecule has 0 amide bonds. The first-order chi connectivity index (χ1) is 4.66. The molecule has 0 aliphatic carbocycles. The van der Waals surface area contributed by atoms with Crippen LogP contribution in [-0.4, -0.2) is 11.7 Å². The third kappa shape index (κ3) is 5.83. The molecular formula is C9H18O. The van der Waals surface area contributed by atoms with E-state index in [1.54, 1.807) is 0 Å². The summed E-state index contributed by atoms with van der Waals surface area (Å²) >= 11 is 0. The number of aliphatic hydroxyl groups excluding tert-OH is 1. The molecule has 1 N–H and O–H groups in total. The van der Waals surface area contributed by atoms with Crippen molar-refractivity contribution in [2.75, 3.05) is 6.61 Å². The molecule has 60 valence electrons. The van der Waals surface area contributed by atoms with Crippen LogP contribution in [0.25, 0.3) is 0 Å². The molecule has 0 heterocycles. The molecule has 1 heteroatoms. The Hall–Kier alpha value is -0.300. The Labute approximate surface area is 63.8 Å². The first kappa shape index (κ1) is 9.70. The molecule has 0 radical (unpaired) electrons. The maximum atomic E-state index is 8.46. The highest BCUT2D eigenvalue weighted by molar-refractivity contribution is 4.85. The van der Waals surface area contributed by atoms with E-state index >= 15 is 0 Å². The molecule has 1 unspecified atom stereocenters. The second-order valence-electron chi connectivity index (χ2n) is 3.22. The third-order valence-corrected chi connectivity index (χ3v) is 1.41. The van der Waals surface area contributed by atoms with Gasteiger partial charge in [0.05, 0.1) is 6.61 Å². The van der Waals surface area contributed by atoms with Gasteiger partial charge in [0.25, 0.3) is 0 Å². The summed E-state index contributed by atoms with van der Waals surface area (Å²) in [6.45, 7) is 6.77. The Morgan fingerprint density at radius 3 is 2.30 bits per heavy atom. The largest absolute Gasteiger partial charge is 0.392 e. The van der Waals surface area contributed by atoms with E-state index in [9.17, 15) is 0 Å². The summed E-state index contributed by atoms with van der Waals surface area (Å²) in [5.74, 6) is 1.35. The molecule has 0 bridgehead atoms. The molecule has 0 aromatic carbocycles. The highest BCUT2D eigenvalue weighted by Gasteiger charge is 1.99. The highest BCUT2D eigenvalue weighted by atomic mass is 16.2. The lowest BCUT2D eigenvalue weighted by Gasteiger charge is -2.07. The molecule has 1 atom stereocenters. The second kappa shape index (κ2) is 5.48. The molecule has 0 saturated carbocycles. The summed E-state index contributed by atoms with van der Waals surface area (Å²) < 4.78 is 0. The van der Waals surface area contributed by atoms with E-state index in [2.05, 4.69) is 26.8 Å². The molecule has 0 spiro atoms. The molecule has 0 aliphatic rings. The van der Waals surface area contributed by atoms with Crippen LogP contribution in [0.4, 0.5) is 0 Å². The van der Waals surface area contributed by atoms with Gasteiger partial charge in [-0.25, -0.2) is 0 Å². The van der Waals surface area contributed by atoms with E-state index in [1.807, 2.05) is 6.08 Å². The Bertz CT molecular complexity index is 94.9. The molecule has 0 saturated heterocycles. The molecule has 1 nitrogen and oxygen atoms in total. The van der Waals surface area contributed by atoms with E-state index in [1.165, 1.54) is 6.42 Å². The van der Waals surface area contributed by atoms with E-state index < -0.39 is 0 Å². The standard InChI is InChI=1S/C9H18O/c1-8(2)7-9(3)5-4-6-10/h4-5,8-10H,6-7H2,1-3H3/b5-4+. The molecule has 0 fully saturated rings. The predicted molar refractivity (Wildman–Crippen MR) is 44.8 cm³/mol. The topological polar surface area (TPSA) is 20.2 Å². The minimum Gasteiger partial charge on any atom is -0.392 e. The smallest absolute Gasteiger partial charge is 0.0612 e. The quantitative estimate of drug-likeness (QED) is 0.597. The van der Waals surface area contributed by atoms with Crippen molar-refractivity contribution in [1.29, 1.82) is 0 Å². The van der Waals surface area contributed by atoms with Crippen LogP contribution < -0.4 is 0 Å². The fourth-order valence-corrected chi connectivity index (χ4v) is 1.12. The SMILES string of the molecule is CC(C)CC(C)/C=C/CO. The summed E-state index contributed by atoms with van der Waals surface area (Å²) in [4.78, 5) is 0. The second-order valence-corrected chi connectivity index (χ2v) is 3.22. The lowest BCUT2D eigenvalue weighted by Crippen LogP contribution is -1.96. The molecule has 10 heavy (non-hydrogen) atoms. The van der Waals surface area contributed by atoms with Gasteiger partial charge in [0.2, 0.25) is 0 Å². The zero-order valence-corrected chi connectivity index (χ0v) is 7.17. The van der Waals surface area contributed by atoms with Gasteiger partial charge in [0.1, 0.15) is 0 Å². The summed E-state index contributed by atoms with van der Waals surface area (Å²) in [6.07, 6.45) is 5.09. The Morgan fingerprint density at radius 2 is 1.90 bits per heavy atom. The van der Waals surface area contributed by atoms with Gasteiger partial charge in [-0.15, -0.1) is 0 Å². The van der Waals surface area contributed by atoms with Gasteiger partial charge in [-0.05, 0) is 18.3 Å². The highest BCUT2D eigenvalue weighted by Crippen LogP contribution is 2.11.